The monoisotopic (exact) mass is 418 g/mol. The second kappa shape index (κ2) is 8.99. The summed E-state index contributed by atoms with van der Waals surface area (Å²) in [5, 5.41) is 21.4. The fraction of sp³-hybridized carbons (Fsp3) is 0.875. The third kappa shape index (κ3) is 5.18. The van der Waals surface area contributed by atoms with Gasteiger partial charge in [-0.05, 0) is 50.0 Å². The minimum absolute atomic E-state index is 0. The minimum atomic E-state index is -2.94. The predicted molar refractivity (Wildman–Crippen MR) is 95.4 cm³/mol. The number of rotatable bonds is 4. The number of carbonyl (C=O) groups is 2. The van der Waals surface area contributed by atoms with Crippen LogP contribution in [0.1, 0.15) is 32.1 Å². The van der Waals surface area contributed by atoms with E-state index < -0.39 is 42.9 Å². The molecule has 4 unspecified atom stereocenters. The van der Waals surface area contributed by atoms with Crippen LogP contribution in [0, 0.1) is 17.8 Å². The van der Waals surface area contributed by atoms with Crippen LogP contribution in [0.2, 0.25) is 0 Å². The molecule has 0 spiro atoms. The van der Waals surface area contributed by atoms with Crippen LogP contribution in [-0.4, -0.2) is 64.7 Å². The molecule has 152 valence electrons. The van der Waals surface area contributed by atoms with Gasteiger partial charge in [0.25, 0.3) is 5.92 Å². The van der Waals surface area contributed by atoms with E-state index in [0.29, 0.717) is 25.4 Å². The number of alkyl halides is 2. The Hall–Kier alpha value is -0.700. The van der Waals surface area contributed by atoms with Crippen molar-refractivity contribution >= 4 is 36.8 Å². The van der Waals surface area contributed by atoms with Gasteiger partial charge in [0.15, 0.2) is 0 Å². The molecule has 3 rings (SSSR count). The SMILES string of the molecule is Cl.Cl.O=C(O)C1CC2CC(CN3CC(F)(F)C[C@H]3C(=O)O)CCC2CN1. The van der Waals surface area contributed by atoms with Crippen molar-refractivity contribution in [2.75, 3.05) is 19.6 Å². The number of likely N-dealkylation sites (tertiary alicyclic amines) is 1. The summed E-state index contributed by atoms with van der Waals surface area (Å²) in [7, 11) is 0. The topological polar surface area (TPSA) is 89.9 Å². The Kier molecular flexibility index (Phi) is 8.07. The summed E-state index contributed by atoms with van der Waals surface area (Å²) in [6.07, 6.45) is 2.57. The summed E-state index contributed by atoms with van der Waals surface area (Å²) < 4.78 is 27.2. The first-order valence-corrected chi connectivity index (χ1v) is 8.56. The Morgan fingerprint density at radius 1 is 1.08 bits per heavy atom. The molecule has 0 amide bonds. The number of fused-ring (bicyclic) bond motifs is 1. The molecule has 0 aromatic rings. The van der Waals surface area contributed by atoms with E-state index in [0.717, 1.165) is 19.3 Å². The number of piperidine rings is 1. The molecule has 0 aromatic heterocycles. The van der Waals surface area contributed by atoms with Crippen LogP contribution in [0.4, 0.5) is 8.78 Å². The number of carboxylic acids is 2. The summed E-state index contributed by atoms with van der Waals surface area (Å²) in [6, 6.07) is -1.65. The average Bonchev–Trinajstić information content (AvgIpc) is 2.81. The average molecular weight is 419 g/mol. The van der Waals surface area contributed by atoms with Crippen molar-refractivity contribution in [1.29, 1.82) is 0 Å². The molecular weight excluding hydrogens is 393 g/mol. The van der Waals surface area contributed by atoms with Crippen molar-refractivity contribution in [3.05, 3.63) is 0 Å². The molecule has 2 aliphatic heterocycles. The van der Waals surface area contributed by atoms with Gasteiger partial charge in [0, 0.05) is 13.0 Å². The Balaban J connectivity index is 0.00000169. The van der Waals surface area contributed by atoms with E-state index in [4.69, 9.17) is 5.11 Å². The number of hydrogen-bond acceptors (Lipinski definition) is 4. The van der Waals surface area contributed by atoms with Crippen LogP contribution in [0.5, 0.6) is 0 Å². The van der Waals surface area contributed by atoms with Gasteiger partial charge in [0.2, 0.25) is 0 Å². The Bertz CT molecular complexity index is 526. The van der Waals surface area contributed by atoms with Gasteiger partial charge < -0.3 is 15.5 Å². The molecule has 0 bridgehead atoms. The summed E-state index contributed by atoms with van der Waals surface area (Å²) in [4.78, 5) is 23.8. The van der Waals surface area contributed by atoms with E-state index in [9.17, 15) is 23.5 Å². The third-order valence-corrected chi connectivity index (χ3v) is 5.86. The van der Waals surface area contributed by atoms with Gasteiger partial charge in [-0.2, -0.15) is 0 Å². The molecular formula is C16H26Cl2F2N2O4. The molecule has 3 N–H and O–H groups in total. The maximum atomic E-state index is 13.6. The fourth-order valence-corrected chi connectivity index (χ4v) is 4.67. The van der Waals surface area contributed by atoms with Crippen molar-refractivity contribution in [3.63, 3.8) is 0 Å². The minimum Gasteiger partial charge on any atom is -0.480 e. The van der Waals surface area contributed by atoms with Crippen molar-refractivity contribution in [2.24, 2.45) is 17.8 Å². The molecule has 3 fully saturated rings. The Morgan fingerprint density at radius 2 is 1.77 bits per heavy atom. The molecule has 26 heavy (non-hydrogen) atoms. The van der Waals surface area contributed by atoms with E-state index in [1.807, 2.05) is 0 Å². The lowest BCUT2D eigenvalue weighted by Gasteiger charge is -2.42. The van der Waals surface area contributed by atoms with Gasteiger partial charge in [-0.15, -0.1) is 24.8 Å². The van der Waals surface area contributed by atoms with Crippen molar-refractivity contribution in [3.8, 4) is 0 Å². The Labute approximate surface area is 163 Å². The second-order valence-electron chi connectivity index (χ2n) is 7.58. The highest BCUT2D eigenvalue weighted by Gasteiger charge is 2.49. The maximum Gasteiger partial charge on any atom is 0.321 e. The second-order valence-corrected chi connectivity index (χ2v) is 7.58. The zero-order valence-corrected chi connectivity index (χ0v) is 15.9. The van der Waals surface area contributed by atoms with Gasteiger partial charge in [0.05, 0.1) is 6.54 Å². The summed E-state index contributed by atoms with van der Waals surface area (Å²) in [6.45, 7) is 0.558. The van der Waals surface area contributed by atoms with E-state index in [2.05, 4.69) is 5.32 Å². The molecule has 1 saturated carbocycles. The Morgan fingerprint density at radius 3 is 2.38 bits per heavy atom. The molecule has 0 aromatic carbocycles. The van der Waals surface area contributed by atoms with Crippen LogP contribution in [0.15, 0.2) is 0 Å². The van der Waals surface area contributed by atoms with E-state index >= 15 is 0 Å². The number of nitrogens with one attached hydrogen (secondary N) is 1. The standard InChI is InChI=1S/C16H24F2N2O4.2ClH/c17-16(18)5-13(15(23)24)20(8-16)7-9-1-2-10-6-19-12(14(21)22)4-11(10)3-9;;/h9-13,19H,1-8H2,(H,21,22)(H,23,24);2*1H/t9?,10?,11?,12?,13-;;/m0../s1. The zero-order valence-electron chi connectivity index (χ0n) is 14.3. The van der Waals surface area contributed by atoms with E-state index in [1.54, 1.807) is 0 Å². The van der Waals surface area contributed by atoms with Gasteiger partial charge in [-0.3, -0.25) is 14.5 Å². The van der Waals surface area contributed by atoms with E-state index in [-0.39, 0.29) is 36.6 Å². The number of aliphatic carboxylic acids is 2. The maximum absolute atomic E-state index is 13.6. The first-order chi connectivity index (χ1) is 11.2. The lowest BCUT2D eigenvalue weighted by Crippen LogP contribution is -2.50. The molecule has 6 nitrogen and oxygen atoms in total. The van der Waals surface area contributed by atoms with Gasteiger partial charge >= 0.3 is 11.9 Å². The molecule has 10 heteroatoms. The summed E-state index contributed by atoms with van der Waals surface area (Å²) in [5.41, 5.74) is 0. The van der Waals surface area contributed by atoms with Crippen LogP contribution in [0.3, 0.4) is 0 Å². The first kappa shape index (κ1) is 23.3. The highest BCUT2D eigenvalue weighted by atomic mass is 35.5. The molecule has 0 radical (unpaired) electrons. The van der Waals surface area contributed by atoms with Crippen LogP contribution in [-0.2, 0) is 9.59 Å². The fourth-order valence-electron chi connectivity index (χ4n) is 4.67. The number of halogens is 4. The number of hydrogen-bond donors (Lipinski definition) is 3. The van der Waals surface area contributed by atoms with Gasteiger partial charge in [0.1, 0.15) is 12.1 Å². The van der Waals surface area contributed by atoms with Crippen molar-refractivity contribution in [1.82, 2.24) is 10.2 Å². The number of carboxylic acid groups (broad SMARTS) is 2. The lowest BCUT2D eigenvalue weighted by atomic mass is 9.69. The molecule has 5 atom stereocenters. The van der Waals surface area contributed by atoms with E-state index in [1.165, 1.54) is 4.90 Å². The van der Waals surface area contributed by atoms with Crippen LogP contribution < -0.4 is 5.32 Å². The normalized spacial score (nSPS) is 36.3. The molecule has 1 aliphatic carbocycles. The van der Waals surface area contributed by atoms with Crippen molar-refractivity contribution < 1.29 is 28.6 Å². The van der Waals surface area contributed by atoms with Crippen LogP contribution in [0.25, 0.3) is 0 Å². The van der Waals surface area contributed by atoms with Gasteiger partial charge in [-0.25, -0.2) is 8.78 Å². The number of nitrogens with zero attached hydrogens (tertiary/aromatic N) is 1. The summed E-state index contributed by atoms with van der Waals surface area (Å²) >= 11 is 0. The molecule has 2 heterocycles. The zero-order chi connectivity index (χ0) is 17.5. The predicted octanol–water partition coefficient (Wildman–Crippen LogP) is 2.10. The smallest absolute Gasteiger partial charge is 0.321 e. The highest BCUT2D eigenvalue weighted by Crippen LogP contribution is 2.40. The molecule has 3 aliphatic rings. The highest BCUT2D eigenvalue weighted by molar-refractivity contribution is 5.85. The van der Waals surface area contributed by atoms with Crippen molar-refractivity contribution in [2.45, 2.75) is 50.1 Å². The lowest BCUT2D eigenvalue weighted by molar-refractivity contribution is -0.143. The molecule has 2 saturated heterocycles. The quantitative estimate of drug-likeness (QED) is 0.647. The van der Waals surface area contributed by atoms with Gasteiger partial charge in [-0.1, -0.05) is 0 Å². The largest absolute Gasteiger partial charge is 0.480 e. The third-order valence-electron chi connectivity index (χ3n) is 5.86. The van der Waals surface area contributed by atoms with Crippen LogP contribution >= 0.6 is 24.8 Å². The first-order valence-electron chi connectivity index (χ1n) is 8.56. The summed E-state index contributed by atoms with van der Waals surface area (Å²) in [5.74, 6) is -4.10.